The molecule has 0 aromatic carbocycles. The highest BCUT2D eigenvalue weighted by Crippen LogP contribution is 2.14. The van der Waals surface area contributed by atoms with E-state index in [1.54, 1.807) is 6.20 Å². The molecule has 1 aliphatic rings. The quantitative estimate of drug-likeness (QED) is 0.371. The van der Waals surface area contributed by atoms with Gasteiger partial charge in [-0.2, -0.15) is 5.26 Å². The molecule has 6 heteroatoms. The molecule has 0 saturated heterocycles. The molecule has 15 heavy (non-hydrogen) atoms. The summed E-state index contributed by atoms with van der Waals surface area (Å²) in [6.45, 7) is 2.51. The summed E-state index contributed by atoms with van der Waals surface area (Å²) < 4.78 is 2.13. The van der Waals surface area contributed by atoms with Crippen molar-refractivity contribution >= 4 is 16.9 Å². The second-order valence-electron chi connectivity index (χ2n) is 3.16. The van der Waals surface area contributed by atoms with Crippen molar-refractivity contribution in [3.63, 3.8) is 0 Å². The molecule has 0 bridgehead atoms. The van der Waals surface area contributed by atoms with E-state index in [0.29, 0.717) is 0 Å². The normalized spacial score (nSPS) is 16.0. The molecule has 0 spiro atoms. The summed E-state index contributed by atoms with van der Waals surface area (Å²) in [6, 6.07) is 0. The third-order valence-electron chi connectivity index (χ3n) is 2.34. The van der Waals surface area contributed by atoms with E-state index in [1.807, 2.05) is 18.6 Å². The van der Waals surface area contributed by atoms with E-state index >= 15 is 0 Å². The van der Waals surface area contributed by atoms with Gasteiger partial charge in [0.1, 0.15) is 5.82 Å². The molecule has 5 nitrogen and oxygen atoms in total. The van der Waals surface area contributed by atoms with Gasteiger partial charge < -0.3 is 9.47 Å². The number of hydrogen-bond acceptors (Lipinski definition) is 4. The lowest BCUT2D eigenvalue weighted by Crippen LogP contribution is -2.36. The smallest absolute Gasteiger partial charge is 0.208 e. The number of hydrogen-bond donors (Lipinski definition) is 0. The molecule has 1 aromatic rings. The van der Waals surface area contributed by atoms with Crippen LogP contribution in [0.4, 0.5) is 0 Å². The monoisotopic (exact) mass is 221 g/mol. The van der Waals surface area contributed by atoms with Crippen LogP contribution in [-0.2, 0) is 13.1 Å². The van der Waals surface area contributed by atoms with Crippen molar-refractivity contribution < 1.29 is 0 Å². The molecule has 0 unspecified atom stereocenters. The number of amidine groups is 1. The van der Waals surface area contributed by atoms with Crippen molar-refractivity contribution in [3.05, 3.63) is 18.2 Å². The molecule has 0 N–H and O–H groups in total. The summed E-state index contributed by atoms with van der Waals surface area (Å²) in [5.74, 6) is 1.03. The second kappa shape index (κ2) is 4.36. The molecule has 0 radical (unpaired) electrons. The SMILES string of the molecule is CSC(=NC#N)N1CCn2ccnc2C1. The third kappa shape index (κ3) is 1.97. The van der Waals surface area contributed by atoms with Crippen LogP contribution in [-0.4, -0.2) is 32.4 Å². The highest BCUT2D eigenvalue weighted by atomic mass is 32.2. The minimum absolute atomic E-state index is 0.731. The summed E-state index contributed by atoms with van der Waals surface area (Å²) in [7, 11) is 0. The number of rotatable bonds is 0. The second-order valence-corrected chi connectivity index (χ2v) is 3.93. The summed E-state index contributed by atoms with van der Waals surface area (Å²) in [4.78, 5) is 10.1. The first-order chi connectivity index (χ1) is 7.35. The Kier molecular flexibility index (Phi) is 2.92. The van der Waals surface area contributed by atoms with Crippen LogP contribution >= 0.6 is 11.8 Å². The van der Waals surface area contributed by atoms with Crippen LogP contribution in [0.3, 0.4) is 0 Å². The fourth-order valence-electron chi connectivity index (χ4n) is 1.62. The van der Waals surface area contributed by atoms with E-state index in [4.69, 9.17) is 5.26 Å². The van der Waals surface area contributed by atoms with E-state index in [2.05, 4.69) is 19.4 Å². The van der Waals surface area contributed by atoms with Gasteiger partial charge in [-0.1, -0.05) is 11.8 Å². The molecule has 1 aromatic heterocycles. The van der Waals surface area contributed by atoms with Gasteiger partial charge in [-0.25, -0.2) is 4.98 Å². The zero-order valence-electron chi connectivity index (χ0n) is 8.42. The fraction of sp³-hybridized carbons (Fsp3) is 0.444. The lowest BCUT2D eigenvalue weighted by molar-refractivity contribution is 0.335. The summed E-state index contributed by atoms with van der Waals surface area (Å²) in [6.07, 6.45) is 7.54. The predicted molar refractivity (Wildman–Crippen MR) is 59.2 cm³/mol. The molecule has 1 aliphatic heterocycles. The van der Waals surface area contributed by atoms with Gasteiger partial charge >= 0.3 is 0 Å². The minimum atomic E-state index is 0.731. The molecule has 0 amide bonds. The first kappa shape index (κ1) is 10.1. The molecule has 0 atom stereocenters. The van der Waals surface area contributed by atoms with Crippen molar-refractivity contribution in [1.82, 2.24) is 14.5 Å². The van der Waals surface area contributed by atoms with Crippen molar-refractivity contribution in [3.8, 4) is 6.19 Å². The predicted octanol–water partition coefficient (Wildman–Crippen LogP) is 0.899. The van der Waals surface area contributed by atoms with Crippen LogP contribution in [0.1, 0.15) is 5.82 Å². The van der Waals surface area contributed by atoms with Gasteiger partial charge in [0.25, 0.3) is 0 Å². The van der Waals surface area contributed by atoms with Gasteiger partial charge in [0.15, 0.2) is 5.17 Å². The van der Waals surface area contributed by atoms with E-state index < -0.39 is 0 Å². The van der Waals surface area contributed by atoms with Gasteiger partial charge in [0.2, 0.25) is 6.19 Å². The largest absolute Gasteiger partial charge is 0.341 e. The van der Waals surface area contributed by atoms with Crippen LogP contribution in [0.25, 0.3) is 0 Å². The number of nitriles is 1. The molecule has 2 rings (SSSR count). The van der Waals surface area contributed by atoms with Crippen molar-refractivity contribution in [2.45, 2.75) is 13.1 Å². The Morgan fingerprint density at radius 1 is 1.67 bits per heavy atom. The lowest BCUT2D eigenvalue weighted by atomic mass is 10.4. The Hall–Kier alpha value is -1.48. The summed E-state index contributed by atoms with van der Waals surface area (Å²) >= 11 is 1.49. The number of aromatic nitrogens is 2. The summed E-state index contributed by atoms with van der Waals surface area (Å²) in [5, 5.41) is 9.33. The van der Waals surface area contributed by atoms with Crippen LogP contribution in [0.5, 0.6) is 0 Å². The molecule has 78 valence electrons. The summed E-state index contributed by atoms with van der Waals surface area (Å²) in [5.41, 5.74) is 0. The van der Waals surface area contributed by atoms with E-state index in [1.165, 1.54) is 11.8 Å². The zero-order chi connectivity index (χ0) is 10.7. The number of fused-ring (bicyclic) bond motifs is 1. The molecule has 2 heterocycles. The lowest BCUT2D eigenvalue weighted by Gasteiger charge is -2.28. The fourth-order valence-corrected chi connectivity index (χ4v) is 2.17. The number of imidazole rings is 1. The maximum atomic E-state index is 8.56. The minimum Gasteiger partial charge on any atom is -0.341 e. The van der Waals surface area contributed by atoms with Crippen molar-refractivity contribution in [1.29, 1.82) is 5.26 Å². The highest BCUT2D eigenvalue weighted by molar-refractivity contribution is 8.13. The van der Waals surface area contributed by atoms with Gasteiger partial charge in [0.05, 0.1) is 6.54 Å². The first-order valence-corrected chi connectivity index (χ1v) is 5.83. The Labute approximate surface area is 92.4 Å². The van der Waals surface area contributed by atoms with Crippen LogP contribution < -0.4 is 0 Å². The molecule has 0 fully saturated rings. The molecule has 0 saturated carbocycles. The average molecular weight is 221 g/mol. The zero-order valence-corrected chi connectivity index (χ0v) is 9.24. The molecular weight excluding hydrogens is 210 g/mol. The van der Waals surface area contributed by atoms with Gasteiger partial charge in [-0.3, -0.25) is 0 Å². The maximum Gasteiger partial charge on any atom is 0.208 e. The van der Waals surface area contributed by atoms with Gasteiger partial charge in [-0.15, -0.1) is 4.99 Å². The van der Waals surface area contributed by atoms with Crippen molar-refractivity contribution in [2.24, 2.45) is 4.99 Å². The van der Waals surface area contributed by atoms with Crippen LogP contribution in [0.15, 0.2) is 17.4 Å². The standard InChI is InChI=1S/C9H11N5S/c1-15-9(12-7-10)14-5-4-13-3-2-11-8(13)6-14/h2-3H,4-6H2,1H3. The van der Waals surface area contributed by atoms with Crippen molar-refractivity contribution in [2.75, 3.05) is 12.8 Å². The number of aliphatic imine (C=N–C) groups is 1. The Morgan fingerprint density at radius 2 is 2.53 bits per heavy atom. The number of thioether (sulfide) groups is 1. The number of nitrogens with zero attached hydrogens (tertiary/aromatic N) is 5. The van der Waals surface area contributed by atoms with E-state index in [0.717, 1.165) is 30.6 Å². The Balaban J connectivity index is 2.16. The van der Waals surface area contributed by atoms with E-state index in [-0.39, 0.29) is 0 Å². The molecule has 0 aliphatic carbocycles. The Bertz CT molecular complexity index is 416. The van der Waals surface area contributed by atoms with Crippen LogP contribution in [0.2, 0.25) is 0 Å². The van der Waals surface area contributed by atoms with E-state index in [9.17, 15) is 0 Å². The van der Waals surface area contributed by atoms with Gasteiger partial charge in [0, 0.05) is 25.5 Å². The van der Waals surface area contributed by atoms with Gasteiger partial charge in [-0.05, 0) is 6.26 Å². The third-order valence-corrected chi connectivity index (χ3v) is 3.06. The maximum absolute atomic E-state index is 8.56. The first-order valence-electron chi connectivity index (χ1n) is 4.61. The topological polar surface area (TPSA) is 57.2 Å². The highest BCUT2D eigenvalue weighted by Gasteiger charge is 2.19. The average Bonchev–Trinajstić information content (AvgIpc) is 2.72. The van der Waals surface area contributed by atoms with Crippen LogP contribution in [0, 0.1) is 11.5 Å². The molecular formula is C9H11N5S. The Morgan fingerprint density at radius 3 is 3.27 bits per heavy atom.